The Morgan fingerprint density at radius 3 is 2.32 bits per heavy atom. The van der Waals surface area contributed by atoms with Gasteiger partial charge in [0.1, 0.15) is 0 Å². The van der Waals surface area contributed by atoms with Gasteiger partial charge in [-0.15, -0.1) is 0 Å². The normalized spacial score (nSPS) is 11.7. The summed E-state index contributed by atoms with van der Waals surface area (Å²) in [6.07, 6.45) is 3.71. The molecule has 0 radical (unpaired) electrons. The number of benzene rings is 2. The largest absolute Gasteiger partial charge is 0.341 e. The topological polar surface area (TPSA) is 4.93 Å². The summed E-state index contributed by atoms with van der Waals surface area (Å²) in [6.45, 7) is 12.5. The predicted molar refractivity (Wildman–Crippen MR) is 97.9 cm³/mol. The van der Waals surface area contributed by atoms with Crippen LogP contribution in [0.15, 0.2) is 24.3 Å². The first-order chi connectivity index (χ1) is 10.6. The number of unbranched alkanes of at least 4 members (excludes halogenated alkanes) is 1. The van der Waals surface area contributed by atoms with E-state index in [9.17, 15) is 0 Å². The van der Waals surface area contributed by atoms with Crippen molar-refractivity contribution in [3.63, 3.8) is 0 Å². The molecule has 0 saturated carbocycles. The van der Waals surface area contributed by atoms with Gasteiger partial charge in [-0.05, 0) is 68.9 Å². The Bertz CT molecular complexity index is 836. The highest BCUT2D eigenvalue weighted by molar-refractivity contribution is 6.11. The van der Waals surface area contributed by atoms with Gasteiger partial charge in [-0.25, -0.2) is 0 Å². The second-order valence-electron chi connectivity index (χ2n) is 6.44. The fourth-order valence-electron chi connectivity index (χ4n) is 3.87. The van der Waals surface area contributed by atoms with Crippen LogP contribution >= 0.6 is 0 Å². The Hall–Kier alpha value is -1.76. The van der Waals surface area contributed by atoms with Crippen molar-refractivity contribution in [1.29, 1.82) is 0 Å². The highest BCUT2D eigenvalue weighted by atomic mass is 15.0. The van der Waals surface area contributed by atoms with Gasteiger partial charge in [0, 0.05) is 22.8 Å². The van der Waals surface area contributed by atoms with Crippen LogP contribution in [0.3, 0.4) is 0 Å². The summed E-state index contributed by atoms with van der Waals surface area (Å²) < 4.78 is 2.50. The number of hydrogen-bond donors (Lipinski definition) is 0. The zero-order valence-electron chi connectivity index (χ0n) is 14.6. The van der Waals surface area contributed by atoms with E-state index in [4.69, 9.17) is 0 Å². The maximum absolute atomic E-state index is 2.50. The fourth-order valence-corrected chi connectivity index (χ4v) is 3.87. The molecule has 0 spiro atoms. The molecule has 0 bridgehead atoms. The van der Waals surface area contributed by atoms with Gasteiger partial charge in [0.15, 0.2) is 0 Å². The van der Waals surface area contributed by atoms with E-state index in [-0.39, 0.29) is 0 Å². The maximum Gasteiger partial charge on any atom is 0.0526 e. The molecule has 1 heterocycles. The lowest BCUT2D eigenvalue weighted by Crippen LogP contribution is -2.01. The first-order valence-electron chi connectivity index (χ1n) is 8.61. The SMILES string of the molecule is CCCCc1c(C)c(C)c(C)c2c1c1ccccc1n2CC. The smallest absolute Gasteiger partial charge is 0.0526 e. The van der Waals surface area contributed by atoms with Gasteiger partial charge in [-0.1, -0.05) is 31.5 Å². The molecule has 0 saturated heterocycles. The van der Waals surface area contributed by atoms with E-state index in [0.717, 1.165) is 6.54 Å². The van der Waals surface area contributed by atoms with Gasteiger partial charge >= 0.3 is 0 Å². The zero-order chi connectivity index (χ0) is 15.9. The molecule has 0 aliphatic heterocycles. The van der Waals surface area contributed by atoms with E-state index in [1.807, 2.05) is 0 Å². The van der Waals surface area contributed by atoms with Crippen LogP contribution in [0.4, 0.5) is 0 Å². The molecular formula is C21H27N. The van der Waals surface area contributed by atoms with Gasteiger partial charge in [-0.3, -0.25) is 0 Å². The molecule has 0 unspecified atom stereocenters. The Balaban J connectivity index is 2.53. The molecule has 3 rings (SSSR count). The molecule has 1 aromatic heterocycles. The van der Waals surface area contributed by atoms with Crippen molar-refractivity contribution in [1.82, 2.24) is 4.57 Å². The Labute approximate surface area is 133 Å². The van der Waals surface area contributed by atoms with Gasteiger partial charge < -0.3 is 4.57 Å². The third-order valence-electron chi connectivity index (χ3n) is 5.30. The van der Waals surface area contributed by atoms with Crippen LogP contribution in [0.25, 0.3) is 21.8 Å². The van der Waals surface area contributed by atoms with Crippen molar-refractivity contribution in [2.24, 2.45) is 0 Å². The second kappa shape index (κ2) is 5.79. The molecular weight excluding hydrogens is 266 g/mol. The van der Waals surface area contributed by atoms with Gasteiger partial charge in [-0.2, -0.15) is 0 Å². The quantitative estimate of drug-likeness (QED) is 0.549. The predicted octanol–water partition coefficient (Wildman–Crippen LogP) is 6.08. The van der Waals surface area contributed by atoms with Crippen LogP contribution in [-0.4, -0.2) is 4.57 Å². The Morgan fingerprint density at radius 2 is 1.64 bits per heavy atom. The highest BCUT2D eigenvalue weighted by Gasteiger charge is 2.18. The first kappa shape index (κ1) is 15.1. The second-order valence-corrected chi connectivity index (χ2v) is 6.44. The number of rotatable bonds is 4. The number of hydrogen-bond acceptors (Lipinski definition) is 0. The third-order valence-corrected chi connectivity index (χ3v) is 5.30. The van der Waals surface area contributed by atoms with Crippen LogP contribution in [0, 0.1) is 20.8 Å². The minimum Gasteiger partial charge on any atom is -0.341 e. The van der Waals surface area contributed by atoms with Crippen LogP contribution in [0.2, 0.25) is 0 Å². The molecule has 116 valence electrons. The summed E-state index contributed by atoms with van der Waals surface area (Å²) in [5.74, 6) is 0. The minimum atomic E-state index is 1.03. The maximum atomic E-state index is 2.50. The number of aryl methyl sites for hydroxylation is 3. The lowest BCUT2D eigenvalue weighted by molar-refractivity contribution is 0.792. The number of nitrogens with zero attached hydrogens (tertiary/aromatic N) is 1. The lowest BCUT2D eigenvalue weighted by atomic mass is 9.90. The average molecular weight is 293 g/mol. The van der Waals surface area contributed by atoms with E-state index in [1.165, 1.54) is 57.8 Å². The number of fused-ring (bicyclic) bond motifs is 3. The van der Waals surface area contributed by atoms with Crippen molar-refractivity contribution >= 4 is 21.8 Å². The molecule has 0 aliphatic carbocycles. The summed E-state index contributed by atoms with van der Waals surface area (Å²) in [5.41, 5.74) is 8.83. The average Bonchev–Trinajstić information content (AvgIpc) is 2.87. The zero-order valence-corrected chi connectivity index (χ0v) is 14.6. The summed E-state index contributed by atoms with van der Waals surface area (Å²) in [7, 11) is 0. The third kappa shape index (κ3) is 2.06. The van der Waals surface area contributed by atoms with Gasteiger partial charge in [0.2, 0.25) is 0 Å². The van der Waals surface area contributed by atoms with Crippen LogP contribution < -0.4 is 0 Å². The molecule has 0 N–H and O–H groups in total. The molecule has 22 heavy (non-hydrogen) atoms. The molecule has 0 aliphatic rings. The van der Waals surface area contributed by atoms with Gasteiger partial charge in [0.25, 0.3) is 0 Å². The molecule has 0 atom stereocenters. The number of para-hydroxylation sites is 1. The summed E-state index contributed by atoms with van der Waals surface area (Å²) >= 11 is 0. The highest BCUT2D eigenvalue weighted by Crippen LogP contribution is 2.38. The lowest BCUT2D eigenvalue weighted by Gasteiger charge is -2.16. The fraction of sp³-hybridized carbons (Fsp3) is 0.429. The molecule has 0 fully saturated rings. The Morgan fingerprint density at radius 1 is 0.909 bits per heavy atom. The molecule has 1 nitrogen and oxygen atoms in total. The van der Waals surface area contributed by atoms with Gasteiger partial charge in [0.05, 0.1) is 5.52 Å². The van der Waals surface area contributed by atoms with Crippen LogP contribution in [0.1, 0.15) is 48.9 Å². The summed E-state index contributed by atoms with van der Waals surface area (Å²) in [4.78, 5) is 0. The molecule has 0 amide bonds. The van der Waals surface area contributed by atoms with E-state index >= 15 is 0 Å². The minimum absolute atomic E-state index is 1.03. The van der Waals surface area contributed by atoms with Crippen LogP contribution in [0.5, 0.6) is 0 Å². The van der Waals surface area contributed by atoms with Crippen molar-refractivity contribution in [3.8, 4) is 0 Å². The Kier molecular flexibility index (Phi) is 3.99. The summed E-state index contributed by atoms with van der Waals surface area (Å²) in [6, 6.07) is 8.91. The van der Waals surface area contributed by atoms with E-state index in [0.29, 0.717) is 0 Å². The molecule has 3 aromatic rings. The van der Waals surface area contributed by atoms with E-state index in [1.54, 1.807) is 5.56 Å². The van der Waals surface area contributed by atoms with Crippen molar-refractivity contribution in [3.05, 3.63) is 46.5 Å². The van der Waals surface area contributed by atoms with Crippen molar-refractivity contribution < 1.29 is 0 Å². The molecule has 1 heteroatoms. The van der Waals surface area contributed by atoms with E-state index in [2.05, 4.69) is 63.5 Å². The standard InChI is InChI=1S/C21H27N/c1-6-8-11-17-15(4)14(3)16(5)21-20(17)18-12-9-10-13-19(18)22(21)7-2/h9-10,12-13H,6-8,11H2,1-5H3. The summed E-state index contributed by atoms with van der Waals surface area (Å²) in [5, 5.41) is 2.93. The monoisotopic (exact) mass is 293 g/mol. The van der Waals surface area contributed by atoms with E-state index < -0.39 is 0 Å². The van der Waals surface area contributed by atoms with Crippen LogP contribution in [-0.2, 0) is 13.0 Å². The first-order valence-corrected chi connectivity index (χ1v) is 8.61. The molecule has 2 aromatic carbocycles. The van der Waals surface area contributed by atoms with Crippen molar-refractivity contribution in [2.75, 3.05) is 0 Å². The van der Waals surface area contributed by atoms with Crippen molar-refractivity contribution in [2.45, 2.75) is 60.4 Å². The number of aromatic nitrogens is 1.